The van der Waals surface area contributed by atoms with E-state index in [9.17, 15) is 9.59 Å². The first-order chi connectivity index (χ1) is 14.7. The van der Waals surface area contributed by atoms with E-state index in [4.69, 9.17) is 21.7 Å². The van der Waals surface area contributed by atoms with Gasteiger partial charge >= 0.3 is 11.9 Å². The fraction of sp³-hybridized carbons (Fsp3) is 0.435. The molecule has 0 saturated heterocycles. The van der Waals surface area contributed by atoms with Gasteiger partial charge in [-0.05, 0) is 62.5 Å². The molecule has 0 saturated carbocycles. The number of thiophene rings is 1. The molecule has 1 aromatic carbocycles. The molecule has 0 spiro atoms. The van der Waals surface area contributed by atoms with E-state index < -0.39 is 11.9 Å². The number of carbonyl (C=O) groups is 2. The van der Waals surface area contributed by atoms with Crippen LogP contribution in [0.5, 0.6) is 0 Å². The van der Waals surface area contributed by atoms with E-state index in [1.807, 2.05) is 6.92 Å². The van der Waals surface area contributed by atoms with Gasteiger partial charge in [-0.25, -0.2) is 9.59 Å². The molecule has 1 atom stereocenters. The van der Waals surface area contributed by atoms with Crippen LogP contribution in [0, 0.1) is 6.92 Å². The van der Waals surface area contributed by atoms with Crippen molar-refractivity contribution in [1.82, 2.24) is 5.32 Å². The molecule has 0 aliphatic heterocycles. The molecule has 0 radical (unpaired) electrons. The van der Waals surface area contributed by atoms with E-state index >= 15 is 0 Å². The summed E-state index contributed by atoms with van der Waals surface area (Å²) < 4.78 is 10.3. The Hall–Kier alpha value is -2.45. The molecule has 8 heteroatoms. The average molecular weight is 463 g/mol. The van der Waals surface area contributed by atoms with Gasteiger partial charge in [-0.3, -0.25) is 0 Å². The van der Waals surface area contributed by atoms with E-state index in [0.29, 0.717) is 32.0 Å². The van der Waals surface area contributed by atoms with Crippen molar-refractivity contribution in [2.75, 3.05) is 18.5 Å². The summed E-state index contributed by atoms with van der Waals surface area (Å²) in [5.74, 6) is -0.507. The Labute approximate surface area is 193 Å². The summed E-state index contributed by atoms with van der Waals surface area (Å²) in [5.41, 5.74) is 3.18. The molecule has 0 amide bonds. The Morgan fingerprint density at radius 3 is 2.10 bits per heavy atom. The number of rotatable bonds is 8. The molecule has 0 bridgehead atoms. The van der Waals surface area contributed by atoms with Gasteiger partial charge in [0.15, 0.2) is 5.11 Å². The average Bonchev–Trinajstić information content (AvgIpc) is 3.04. The second-order valence-electron chi connectivity index (χ2n) is 7.34. The van der Waals surface area contributed by atoms with Gasteiger partial charge in [0.25, 0.3) is 0 Å². The summed E-state index contributed by atoms with van der Waals surface area (Å²) in [4.78, 5) is 25.2. The van der Waals surface area contributed by atoms with Crippen LogP contribution in [0.4, 0.5) is 5.00 Å². The van der Waals surface area contributed by atoms with Crippen molar-refractivity contribution in [3.8, 4) is 0 Å². The van der Waals surface area contributed by atoms with Gasteiger partial charge < -0.3 is 20.1 Å². The summed E-state index contributed by atoms with van der Waals surface area (Å²) >= 11 is 6.61. The number of carbonyl (C=O) groups excluding carboxylic acids is 2. The first-order valence-corrected chi connectivity index (χ1v) is 11.6. The van der Waals surface area contributed by atoms with Crippen LogP contribution >= 0.6 is 23.6 Å². The topological polar surface area (TPSA) is 76.7 Å². The smallest absolute Gasteiger partial charge is 0.348 e. The minimum absolute atomic E-state index is 0.0437. The van der Waals surface area contributed by atoms with Crippen molar-refractivity contribution in [2.24, 2.45) is 0 Å². The van der Waals surface area contributed by atoms with Crippen molar-refractivity contribution >= 4 is 45.6 Å². The highest BCUT2D eigenvalue weighted by molar-refractivity contribution is 7.80. The van der Waals surface area contributed by atoms with Crippen molar-refractivity contribution in [3.63, 3.8) is 0 Å². The van der Waals surface area contributed by atoms with Crippen molar-refractivity contribution in [2.45, 2.75) is 53.5 Å². The molecular weight excluding hydrogens is 432 g/mol. The number of thiocarbonyl (C=S) groups is 1. The largest absolute Gasteiger partial charge is 0.462 e. The number of anilines is 1. The summed E-state index contributed by atoms with van der Waals surface area (Å²) in [6.07, 6.45) is 0. The van der Waals surface area contributed by atoms with Gasteiger partial charge in [-0.2, -0.15) is 0 Å². The maximum Gasteiger partial charge on any atom is 0.348 e. The van der Waals surface area contributed by atoms with Crippen LogP contribution in [0.25, 0.3) is 0 Å². The zero-order valence-electron chi connectivity index (χ0n) is 18.8. The van der Waals surface area contributed by atoms with Crippen LogP contribution in [0.1, 0.15) is 83.3 Å². The van der Waals surface area contributed by atoms with Crippen molar-refractivity contribution < 1.29 is 19.1 Å². The molecular formula is C23H30N2O4S2. The van der Waals surface area contributed by atoms with E-state index in [0.717, 1.165) is 16.9 Å². The molecule has 2 N–H and O–H groups in total. The Bertz CT molecular complexity index is 936. The molecule has 1 aromatic heterocycles. The second-order valence-corrected chi connectivity index (χ2v) is 8.77. The van der Waals surface area contributed by atoms with Crippen LogP contribution in [0.3, 0.4) is 0 Å². The second kappa shape index (κ2) is 11.2. The SMILES string of the molecule is CCOC(=O)c1sc(NC(=S)NC(C)c2ccc(C(C)C)cc2)c(C(=O)OCC)c1C. The molecule has 0 fully saturated rings. The lowest BCUT2D eigenvalue weighted by atomic mass is 10.00. The Morgan fingerprint density at radius 1 is 1.00 bits per heavy atom. The van der Waals surface area contributed by atoms with Gasteiger partial charge in [0.2, 0.25) is 0 Å². The first-order valence-electron chi connectivity index (χ1n) is 10.3. The minimum Gasteiger partial charge on any atom is -0.462 e. The monoisotopic (exact) mass is 462 g/mol. The number of ether oxygens (including phenoxy) is 2. The van der Waals surface area contributed by atoms with E-state index in [2.05, 4.69) is 48.7 Å². The van der Waals surface area contributed by atoms with E-state index in [1.54, 1.807) is 20.8 Å². The van der Waals surface area contributed by atoms with Crippen LogP contribution in [0.15, 0.2) is 24.3 Å². The molecule has 0 aliphatic rings. The third-order valence-electron chi connectivity index (χ3n) is 4.76. The lowest BCUT2D eigenvalue weighted by Gasteiger charge is -2.18. The number of hydrogen-bond acceptors (Lipinski definition) is 6. The highest BCUT2D eigenvalue weighted by atomic mass is 32.1. The zero-order chi connectivity index (χ0) is 23.1. The molecule has 2 aromatic rings. The lowest BCUT2D eigenvalue weighted by Crippen LogP contribution is -2.31. The first kappa shape index (κ1) is 24.8. The van der Waals surface area contributed by atoms with Crippen LogP contribution < -0.4 is 10.6 Å². The summed E-state index contributed by atoms with van der Waals surface area (Å²) in [5, 5.41) is 7.11. The predicted octanol–water partition coefficient (Wildman–Crippen LogP) is 5.58. The normalized spacial score (nSPS) is 11.7. The van der Waals surface area contributed by atoms with Crippen LogP contribution in [-0.2, 0) is 9.47 Å². The number of nitrogens with one attached hydrogen (secondary N) is 2. The quantitative estimate of drug-likeness (QED) is 0.392. The van der Waals surface area contributed by atoms with Crippen LogP contribution in [-0.4, -0.2) is 30.3 Å². The van der Waals surface area contributed by atoms with Crippen molar-refractivity contribution in [1.29, 1.82) is 0 Å². The van der Waals surface area contributed by atoms with Gasteiger partial charge in [0.1, 0.15) is 9.88 Å². The Kier molecular flexibility index (Phi) is 9.00. The fourth-order valence-electron chi connectivity index (χ4n) is 3.03. The van der Waals surface area contributed by atoms with Crippen LogP contribution in [0.2, 0.25) is 0 Å². The van der Waals surface area contributed by atoms with E-state index in [1.165, 1.54) is 5.56 Å². The number of benzene rings is 1. The van der Waals surface area contributed by atoms with Crippen molar-refractivity contribution in [3.05, 3.63) is 51.4 Å². The summed E-state index contributed by atoms with van der Waals surface area (Å²) in [6, 6.07) is 8.34. The molecule has 2 rings (SSSR count). The minimum atomic E-state index is -0.505. The molecule has 0 aliphatic carbocycles. The maximum absolute atomic E-state index is 12.5. The highest BCUT2D eigenvalue weighted by Gasteiger charge is 2.27. The summed E-state index contributed by atoms with van der Waals surface area (Å²) in [6.45, 7) is 12.0. The standard InChI is InChI=1S/C23H30N2O4S2/c1-7-28-21(26)18-14(5)19(22(27)29-8-2)31-20(18)25-23(30)24-15(6)17-11-9-16(10-12-17)13(3)4/h9-13,15H,7-8H2,1-6H3,(H2,24,25,30). The fourth-order valence-corrected chi connectivity index (χ4v) is 4.47. The number of hydrogen-bond donors (Lipinski definition) is 2. The summed E-state index contributed by atoms with van der Waals surface area (Å²) in [7, 11) is 0. The Morgan fingerprint density at radius 2 is 1.55 bits per heavy atom. The third-order valence-corrected chi connectivity index (χ3v) is 6.17. The maximum atomic E-state index is 12.5. The van der Waals surface area contributed by atoms with E-state index in [-0.39, 0.29) is 19.3 Å². The van der Waals surface area contributed by atoms with Gasteiger partial charge in [-0.15, -0.1) is 11.3 Å². The molecule has 6 nitrogen and oxygen atoms in total. The molecule has 1 unspecified atom stereocenters. The Balaban J connectivity index is 2.21. The van der Waals surface area contributed by atoms with Gasteiger partial charge in [0.05, 0.1) is 24.8 Å². The lowest BCUT2D eigenvalue weighted by molar-refractivity contribution is 0.0527. The zero-order valence-corrected chi connectivity index (χ0v) is 20.5. The molecule has 168 valence electrons. The molecule has 31 heavy (non-hydrogen) atoms. The predicted molar refractivity (Wildman–Crippen MR) is 129 cm³/mol. The van der Waals surface area contributed by atoms with Gasteiger partial charge in [0, 0.05) is 0 Å². The number of esters is 2. The highest BCUT2D eigenvalue weighted by Crippen LogP contribution is 2.34. The van der Waals surface area contributed by atoms with Gasteiger partial charge in [-0.1, -0.05) is 38.1 Å². The third kappa shape index (κ3) is 6.27. The molecule has 1 heterocycles.